The van der Waals surface area contributed by atoms with E-state index in [0.29, 0.717) is 6.04 Å². The minimum absolute atomic E-state index is 0.138. The van der Waals surface area contributed by atoms with Crippen LogP contribution < -0.4 is 5.73 Å². The smallest absolute Gasteiger partial charge is 0.0503 e. The van der Waals surface area contributed by atoms with Crippen LogP contribution in [0.2, 0.25) is 5.02 Å². The lowest BCUT2D eigenvalue weighted by atomic mass is 9.94. The predicted octanol–water partition coefficient (Wildman–Crippen LogP) is 2.75. The number of hydrogen-bond donors (Lipinski definition) is 1. The highest BCUT2D eigenvalue weighted by Crippen LogP contribution is 2.30. The molecule has 20 heavy (non-hydrogen) atoms. The summed E-state index contributed by atoms with van der Waals surface area (Å²) < 4.78 is 0. The van der Waals surface area contributed by atoms with Crippen LogP contribution >= 0.6 is 11.6 Å². The minimum atomic E-state index is 0.138. The quantitative estimate of drug-likeness (QED) is 0.927. The molecule has 112 valence electrons. The van der Waals surface area contributed by atoms with Crippen molar-refractivity contribution < 1.29 is 0 Å². The molecule has 0 aliphatic carbocycles. The highest BCUT2D eigenvalue weighted by molar-refractivity contribution is 6.30. The Morgan fingerprint density at radius 2 is 2.15 bits per heavy atom. The summed E-state index contributed by atoms with van der Waals surface area (Å²) in [5.41, 5.74) is 7.67. The summed E-state index contributed by atoms with van der Waals surface area (Å²) in [6, 6.07) is 9.06. The largest absolute Gasteiger partial charge is 0.326 e. The third-order valence-electron chi connectivity index (χ3n) is 4.31. The van der Waals surface area contributed by atoms with Crippen LogP contribution in [0.3, 0.4) is 0 Å². The molecule has 0 saturated carbocycles. The van der Waals surface area contributed by atoms with Crippen molar-refractivity contribution >= 4 is 11.6 Å². The van der Waals surface area contributed by atoms with Crippen LogP contribution in [0.25, 0.3) is 0 Å². The second-order valence-corrected chi connectivity index (χ2v) is 6.36. The Kier molecular flexibility index (Phi) is 5.44. The van der Waals surface area contributed by atoms with E-state index in [1.54, 1.807) is 0 Å². The summed E-state index contributed by atoms with van der Waals surface area (Å²) >= 11 is 6.17. The maximum Gasteiger partial charge on any atom is 0.0503 e. The number of nitrogens with two attached hydrogens (primary N) is 1. The van der Waals surface area contributed by atoms with Crippen molar-refractivity contribution in [2.45, 2.75) is 38.4 Å². The van der Waals surface area contributed by atoms with Crippen molar-refractivity contribution in [3.8, 4) is 0 Å². The van der Waals surface area contributed by atoms with Crippen LogP contribution in [0.15, 0.2) is 24.3 Å². The lowest BCUT2D eigenvalue weighted by molar-refractivity contribution is 0.0492. The molecule has 3 nitrogen and oxygen atoms in total. The Bertz CT molecular complexity index is 437. The average molecular weight is 296 g/mol. The number of benzene rings is 1. The molecule has 1 aliphatic heterocycles. The minimum Gasteiger partial charge on any atom is -0.326 e. The van der Waals surface area contributed by atoms with Gasteiger partial charge in [-0.25, -0.2) is 0 Å². The Labute approximate surface area is 127 Å². The van der Waals surface area contributed by atoms with Crippen LogP contribution in [0, 0.1) is 0 Å². The van der Waals surface area contributed by atoms with E-state index in [4.69, 9.17) is 17.3 Å². The van der Waals surface area contributed by atoms with E-state index in [-0.39, 0.29) is 12.1 Å². The Morgan fingerprint density at radius 3 is 2.75 bits per heavy atom. The van der Waals surface area contributed by atoms with Gasteiger partial charge in [0, 0.05) is 36.7 Å². The first-order chi connectivity index (χ1) is 9.52. The van der Waals surface area contributed by atoms with E-state index in [2.05, 4.69) is 42.8 Å². The first-order valence-corrected chi connectivity index (χ1v) is 7.86. The topological polar surface area (TPSA) is 32.5 Å². The summed E-state index contributed by atoms with van der Waals surface area (Å²) in [5.74, 6) is 0. The van der Waals surface area contributed by atoms with Gasteiger partial charge in [-0.1, -0.05) is 30.7 Å². The van der Waals surface area contributed by atoms with Crippen molar-refractivity contribution in [2.75, 3.05) is 26.7 Å². The Morgan fingerprint density at radius 1 is 1.40 bits per heavy atom. The number of rotatable bonds is 4. The zero-order valence-electron chi connectivity index (χ0n) is 12.7. The number of likely N-dealkylation sites (N-methyl/N-ethyl adjacent to an activating group) is 1. The molecule has 2 N–H and O–H groups in total. The molecule has 0 radical (unpaired) electrons. The summed E-state index contributed by atoms with van der Waals surface area (Å²) in [5, 5.41) is 0.789. The highest BCUT2D eigenvalue weighted by Gasteiger charge is 2.32. The van der Waals surface area contributed by atoms with E-state index in [9.17, 15) is 0 Å². The zero-order valence-corrected chi connectivity index (χ0v) is 13.5. The van der Waals surface area contributed by atoms with Crippen LogP contribution in [0.1, 0.15) is 31.9 Å². The fourth-order valence-electron chi connectivity index (χ4n) is 3.17. The van der Waals surface area contributed by atoms with Gasteiger partial charge in [-0.2, -0.15) is 0 Å². The average Bonchev–Trinajstić information content (AvgIpc) is 2.41. The number of hydrogen-bond acceptors (Lipinski definition) is 3. The van der Waals surface area contributed by atoms with Crippen LogP contribution in [0.5, 0.6) is 0 Å². The van der Waals surface area contributed by atoms with Crippen molar-refractivity contribution in [1.82, 2.24) is 9.80 Å². The molecule has 1 heterocycles. The van der Waals surface area contributed by atoms with Gasteiger partial charge < -0.3 is 10.6 Å². The summed E-state index contributed by atoms with van der Waals surface area (Å²) in [7, 11) is 2.18. The molecule has 0 bridgehead atoms. The van der Waals surface area contributed by atoms with Crippen LogP contribution in [0.4, 0.5) is 0 Å². The molecule has 0 spiro atoms. The molecule has 2 rings (SSSR count). The third kappa shape index (κ3) is 3.53. The molecular formula is C16H26ClN3. The molecule has 1 aliphatic rings. The number of piperazine rings is 1. The molecule has 4 heteroatoms. The standard InChI is InChI=1S/C16H26ClN3/c1-4-15(18)16(13-6-5-7-14(17)10-13)20-9-8-19(3)11-12(20)2/h5-7,10,12,15-16H,4,8-9,11,18H2,1-3H3. The van der Waals surface area contributed by atoms with E-state index >= 15 is 0 Å². The van der Waals surface area contributed by atoms with Crippen molar-refractivity contribution in [3.63, 3.8) is 0 Å². The van der Waals surface area contributed by atoms with Gasteiger partial charge >= 0.3 is 0 Å². The zero-order chi connectivity index (χ0) is 14.7. The molecule has 3 unspecified atom stereocenters. The van der Waals surface area contributed by atoms with E-state index in [0.717, 1.165) is 31.1 Å². The van der Waals surface area contributed by atoms with Gasteiger partial charge in [0.2, 0.25) is 0 Å². The van der Waals surface area contributed by atoms with E-state index < -0.39 is 0 Å². The molecule has 1 saturated heterocycles. The maximum absolute atomic E-state index is 6.43. The molecule has 0 amide bonds. The van der Waals surface area contributed by atoms with Gasteiger partial charge in [0.25, 0.3) is 0 Å². The number of nitrogens with zero attached hydrogens (tertiary/aromatic N) is 2. The van der Waals surface area contributed by atoms with E-state index in [1.165, 1.54) is 5.56 Å². The van der Waals surface area contributed by atoms with Crippen LogP contribution in [-0.4, -0.2) is 48.6 Å². The highest BCUT2D eigenvalue weighted by atomic mass is 35.5. The summed E-state index contributed by atoms with van der Waals surface area (Å²) in [4.78, 5) is 4.92. The molecule has 1 aromatic carbocycles. The Hall–Kier alpha value is -0.610. The molecule has 1 fully saturated rings. The van der Waals surface area contributed by atoms with Crippen molar-refractivity contribution in [1.29, 1.82) is 0 Å². The number of halogens is 1. The predicted molar refractivity (Wildman–Crippen MR) is 86.1 cm³/mol. The van der Waals surface area contributed by atoms with Gasteiger partial charge in [-0.05, 0) is 38.1 Å². The summed E-state index contributed by atoms with van der Waals surface area (Å²) in [6.45, 7) is 7.69. The lowest BCUT2D eigenvalue weighted by Gasteiger charge is -2.45. The third-order valence-corrected chi connectivity index (χ3v) is 4.54. The van der Waals surface area contributed by atoms with Crippen molar-refractivity contribution in [2.24, 2.45) is 5.73 Å². The first kappa shape index (κ1) is 15.8. The van der Waals surface area contributed by atoms with Gasteiger partial charge in [0.1, 0.15) is 0 Å². The molecule has 1 aromatic rings. The maximum atomic E-state index is 6.43. The fourth-order valence-corrected chi connectivity index (χ4v) is 3.36. The van der Waals surface area contributed by atoms with Gasteiger partial charge in [0.15, 0.2) is 0 Å². The van der Waals surface area contributed by atoms with E-state index in [1.807, 2.05) is 12.1 Å². The first-order valence-electron chi connectivity index (χ1n) is 7.48. The lowest BCUT2D eigenvalue weighted by Crippen LogP contribution is -2.54. The monoisotopic (exact) mass is 295 g/mol. The Balaban J connectivity index is 2.28. The van der Waals surface area contributed by atoms with Crippen molar-refractivity contribution in [3.05, 3.63) is 34.9 Å². The van der Waals surface area contributed by atoms with Gasteiger partial charge in [0.05, 0.1) is 6.04 Å². The second kappa shape index (κ2) is 6.90. The normalized spacial score (nSPS) is 24.6. The van der Waals surface area contributed by atoms with Crippen LogP contribution in [-0.2, 0) is 0 Å². The SMILES string of the molecule is CCC(N)C(c1cccc(Cl)c1)N1CCN(C)CC1C. The fraction of sp³-hybridized carbons (Fsp3) is 0.625. The molecular weight excluding hydrogens is 270 g/mol. The second-order valence-electron chi connectivity index (χ2n) is 5.92. The molecule has 0 aromatic heterocycles. The van der Waals surface area contributed by atoms with Gasteiger partial charge in [-0.15, -0.1) is 0 Å². The molecule has 3 atom stereocenters. The summed E-state index contributed by atoms with van der Waals surface area (Å²) in [6.07, 6.45) is 0.968. The van der Waals surface area contributed by atoms with Gasteiger partial charge in [-0.3, -0.25) is 4.90 Å².